The Labute approximate surface area is 183 Å². The van der Waals surface area contributed by atoms with Gasteiger partial charge in [0.2, 0.25) is 15.9 Å². The zero-order valence-electron chi connectivity index (χ0n) is 18.1. The molecule has 1 amide bonds. The second-order valence-corrected chi connectivity index (χ2v) is 10.6. The predicted molar refractivity (Wildman–Crippen MR) is 118 cm³/mol. The number of carbonyl (C=O) groups is 1. The normalized spacial score (nSPS) is 28.5. The number of piperidine rings is 1. The fraction of sp³-hybridized carbons (Fsp3) is 0.737. The van der Waals surface area contributed by atoms with Gasteiger partial charge in [-0.3, -0.25) is 15.8 Å². The third-order valence-corrected chi connectivity index (χ3v) is 7.49. The van der Waals surface area contributed by atoms with Crippen molar-refractivity contribution < 1.29 is 13.2 Å². The van der Waals surface area contributed by atoms with Gasteiger partial charge in [0.15, 0.2) is 11.5 Å². The largest absolute Gasteiger partial charge is 0.366 e. The molecule has 1 atom stereocenters. The first-order chi connectivity index (χ1) is 14.7. The minimum atomic E-state index is -3.17. The number of rotatable bonds is 6. The van der Waals surface area contributed by atoms with Crippen LogP contribution in [-0.4, -0.2) is 79.0 Å². The molecule has 1 aliphatic carbocycles. The summed E-state index contributed by atoms with van der Waals surface area (Å²) in [6.45, 7) is 3.39. The number of amides is 1. The third-order valence-electron chi connectivity index (χ3n) is 6.19. The minimum Gasteiger partial charge on any atom is -0.366 e. The highest BCUT2D eigenvalue weighted by Crippen LogP contribution is 2.28. The lowest BCUT2D eigenvalue weighted by atomic mass is 10.1. The third kappa shape index (κ3) is 4.76. The van der Waals surface area contributed by atoms with E-state index < -0.39 is 15.9 Å². The Morgan fingerprint density at radius 2 is 1.94 bits per heavy atom. The topological polar surface area (TPSA) is 145 Å². The predicted octanol–water partition coefficient (Wildman–Crippen LogP) is -0.794. The number of nitrogens with zero attached hydrogens (tertiary/aromatic N) is 4. The molecule has 0 aromatic rings. The van der Waals surface area contributed by atoms with Crippen LogP contribution in [0.4, 0.5) is 0 Å². The number of hydrogen-bond donors (Lipinski definition) is 4. The van der Waals surface area contributed by atoms with E-state index in [9.17, 15) is 13.2 Å². The summed E-state index contributed by atoms with van der Waals surface area (Å²) in [4.78, 5) is 24.1. The molecule has 4 aliphatic rings. The van der Waals surface area contributed by atoms with Crippen molar-refractivity contribution in [3.63, 3.8) is 0 Å². The molecule has 1 saturated heterocycles. The highest BCUT2D eigenvalue weighted by Gasteiger charge is 2.41. The van der Waals surface area contributed by atoms with Gasteiger partial charge in [0.1, 0.15) is 5.82 Å². The Morgan fingerprint density at radius 1 is 1.26 bits per heavy atom. The first kappa shape index (κ1) is 22.2. The van der Waals surface area contributed by atoms with Gasteiger partial charge in [-0.15, -0.1) is 0 Å². The highest BCUT2D eigenvalue weighted by atomic mass is 32.2. The summed E-state index contributed by atoms with van der Waals surface area (Å²) < 4.78 is 25.0. The molecule has 4 rings (SSSR count). The van der Waals surface area contributed by atoms with Crippen LogP contribution in [0, 0.1) is 0 Å². The van der Waals surface area contributed by atoms with Crippen molar-refractivity contribution in [2.24, 2.45) is 15.7 Å². The van der Waals surface area contributed by atoms with E-state index in [1.54, 1.807) is 0 Å². The quantitative estimate of drug-likeness (QED) is 0.386. The SMILES string of the molecule is CCNC1(N)N=C2C(=NC(NC3CCN(S(C)(=O)=O)CC3)=CN2C2CCCC2)C(=O)N1. The molecule has 0 spiro atoms. The van der Waals surface area contributed by atoms with Crippen LogP contribution in [0.15, 0.2) is 22.0 Å². The van der Waals surface area contributed by atoms with Crippen LogP contribution in [0.25, 0.3) is 0 Å². The van der Waals surface area contributed by atoms with Crippen molar-refractivity contribution in [1.82, 2.24) is 25.2 Å². The summed E-state index contributed by atoms with van der Waals surface area (Å²) in [5, 5.41) is 9.13. The van der Waals surface area contributed by atoms with Crippen LogP contribution in [0.5, 0.6) is 0 Å². The van der Waals surface area contributed by atoms with Gasteiger partial charge in [-0.25, -0.2) is 22.7 Å². The molecule has 0 aromatic heterocycles. The summed E-state index contributed by atoms with van der Waals surface area (Å²) in [5.74, 6) is -0.622. The van der Waals surface area contributed by atoms with E-state index in [0.717, 1.165) is 25.7 Å². The van der Waals surface area contributed by atoms with E-state index in [4.69, 9.17) is 5.73 Å². The van der Waals surface area contributed by atoms with Crippen molar-refractivity contribution in [3.8, 4) is 0 Å². The molecule has 3 heterocycles. The van der Waals surface area contributed by atoms with Crippen LogP contribution in [0.3, 0.4) is 0 Å². The van der Waals surface area contributed by atoms with Crippen molar-refractivity contribution in [1.29, 1.82) is 0 Å². The van der Waals surface area contributed by atoms with Gasteiger partial charge in [0, 0.05) is 31.4 Å². The van der Waals surface area contributed by atoms with E-state index in [0.29, 0.717) is 44.1 Å². The Morgan fingerprint density at radius 3 is 2.55 bits per heavy atom. The average molecular weight is 453 g/mol. The highest BCUT2D eigenvalue weighted by molar-refractivity contribution is 7.88. The summed E-state index contributed by atoms with van der Waals surface area (Å²) >= 11 is 0. The van der Waals surface area contributed by atoms with Gasteiger partial charge >= 0.3 is 0 Å². The monoisotopic (exact) mass is 452 g/mol. The number of sulfonamides is 1. The van der Waals surface area contributed by atoms with E-state index in [-0.39, 0.29) is 23.7 Å². The maximum atomic E-state index is 12.9. The van der Waals surface area contributed by atoms with Crippen molar-refractivity contribution in [2.75, 3.05) is 25.9 Å². The fourth-order valence-corrected chi connectivity index (χ4v) is 5.50. The van der Waals surface area contributed by atoms with Gasteiger partial charge < -0.3 is 15.5 Å². The molecule has 11 nitrogen and oxygen atoms in total. The van der Waals surface area contributed by atoms with Crippen LogP contribution >= 0.6 is 0 Å². The first-order valence-corrected chi connectivity index (χ1v) is 12.8. The molecule has 172 valence electrons. The molecule has 31 heavy (non-hydrogen) atoms. The van der Waals surface area contributed by atoms with Crippen LogP contribution < -0.4 is 21.7 Å². The van der Waals surface area contributed by atoms with Crippen LogP contribution in [0.1, 0.15) is 45.4 Å². The van der Waals surface area contributed by atoms with Gasteiger partial charge in [-0.05, 0) is 32.2 Å². The molecule has 0 bridgehead atoms. The summed E-state index contributed by atoms with van der Waals surface area (Å²) in [5.41, 5.74) is 6.51. The molecule has 1 saturated carbocycles. The summed E-state index contributed by atoms with van der Waals surface area (Å²) in [7, 11) is -3.17. The Bertz CT molecular complexity index is 916. The number of fused-ring (bicyclic) bond motifs is 1. The molecule has 5 N–H and O–H groups in total. The lowest BCUT2D eigenvalue weighted by Crippen LogP contribution is -2.70. The zero-order chi connectivity index (χ0) is 22.2. The lowest BCUT2D eigenvalue weighted by molar-refractivity contribution is -0.117. The van der Waals surface area contributed by atoms with Crippen molar-refractivity contribution >= 4 is 27.5 Å². The lowest BCUT2D eigenvalue weighted by Gasteiger charge is -2.39. The van der Waals surface area contributed by atoms with Crippen LogP contribution in [-0.2, 0) is 14.8 Å². The maximum Gasteiger partial charge on any atom is 0.277 e. The Kier molecular flexibility index (Phi) is 6.08. The van der Waals surface area contributed by atoms with Gasteiger partial charge in [0.25, 0.3) is 5.91 Å². The second-order valence-electron chi connectivity index (χ2n) is 8.59. The van der Waals surface area contributed by atoms with Gasteiger partial charge in [0.05, 0.1) is 6.26 Å². The molecule has 0 aromatic carbocycles. The minimum absolute atomic E-state index is 0.0829. The molecular formula is C19H32N8O3S. The molecule has 1 unspecified atom stereocenters. The number of hydrogen-bond acceptors (Lipinski definition) is 9. The fourth-order valence-electron chi connectivity index (χ4n) is 4.63. The standard InChI is InChI=1S/C19H32N8O3S/c1-3-21-19(20)24-17-16(18(28)25-19)23-15(12-27(17)14-6-4-5-7-14)22-13-8-10-26(11-9-13)31(2,29)30/h12-14,21-22H,3-11,20H2,1-2H3,(H,25,28). The molecule has 2 fully saturated rings. The Balaban J connectivity index is 1.57. The van der Waals surface area contributed by atoms with E-state index >= 15 is 0 Å². The van der Waals surface area contributed by atoms with Crippen LogP contribution in [0.2, 0.25) is 0 Å². The molecule has 3 aliphatic heterocycles. The Hall–Kier alpha value is -2.02. The van der Waals surface area contributed by atoms with E-state index in [1.807, 2.05) is 18.0 Å². The molecule has 0 radical (unpaired) electrons. The van der Waals surface area contributed by atoms with Gasteiger partial charge in [-0.1, -0.05) is 19.8 Å². The number of amidine groups is 1. The van der Waals surface area contributed by atoms with Crippen molar-refractivity contribution in [3.05, 3.63) is 12.0 Å². The van der Waals surface area contributed by atoms with E-state index in [2.05, 4.69) is 25.9 Å². The van der Waals surface area contributed by atoms with Crippen molar-refractivity contribution in [2.45, 2.75) is 63.4 Å². The maximum absolute atomic E-state index is 12.9. The zero-order valence-corrected chi connectivity index (χ0v) is 18.9. The van der Waals surface area contributed by atoms with Gasteiger partial charge in [-0.2, -0.15) is 0 Å². The molecular weight excluding hydrogens is 420 g/mol. The summed E-state index contributed by atoms with van der Waals surface area (Å²) in [6, 6.07) is 0.324. The number of aliphatic imine (C=N–C) groups is 2. The number of nitrogens with one attached hydrogen (secondary N) is 3. The average Bonchev–Trinajstić information content (AvgIpc) is 3.22. The number of carbonyl (C=O) groups excluding carboxylic acids is 1. The smallest absolute Gasteiger partial charge is 0.277 e. The second kappa shape index (κ2) is 8.49. The number of nitrogens with two attached hydrogens (primary N) is 1. The summed E-state index contributed by atoms with van der Waals surface area (Å²) in [6.07, 6.45) is 8.82. The molecule has 12 heteroatoms. The van der Waals surface area contributed by atoms with E-state index in [1.165, 1.54) is 10.6 Å². The first-order valence-electron chi connectivity index (χ1n) is 11.0.